The van der Waals surface area contributed by atoms with E-state index in [0.717, 1.165) is 12.1 Å². The Bertz CT molecular complexity index is 417. The van der Waals surface area contributed by atoms with Gasteiger partial charge >= 0.3 is 0 Å². The minimum Gasteiger partial charge on any atom is -0.506 e. The van der Waals surface area contributed by atoms with Gasteiger partial charge in [-0.3, -0.25) is 4.55 Å². The molecule has 0 aliphatic carbocycles. The van der Waals surface area contributed by atoms with Gasteiger partial charge in [-0.15, -0.1) is 0 Å². The third kappa shape index (κ3) is 2.43. The van der Waals surface area contributed by atoms with Crippen LogP contribution < -0.4 is 0 Å². The predicted molar refractivity (Wildman–Crippen MR) is 53.3 cm³/mol. The number of hydrogen-bond donors (Lipinski definition) is 2. The summed E-state index contributed by atoms with van der Waals surface area (Å²) in [5, 5.41) is 9.23. The zero-order chi connectivity index (χ0) is 10.2. The molecule has 0 unspecified atom stereocenters. The van der Waals surface area contributed by atoms with Crippen LogP contribution in [-0.4, -0.2) is 18.1 Å². The van der Waals surface area contributed by atoms with Crippen LogP contribution in [-0.2, 0) is 10.1 Å². The standard InChI is InChI=1S/C6H4Br2O4S/c7-4-1-3(13(10,11)12)2-5(8)6(4)9/h1-2,9H,(H,10,11,12). The van der Waals surface area contributed by atoms with E-state index < -0.39 is 10.1 Å². The Morgan fingerprint density at radius 3 is 1.85 bits per heavy atom. The molecule has 0 aliphatic rings. The highest BCUT2D eigenvalue weighted by molar-refractivity contribution is 9.11. The Morgan fingerprint density at radius 2 is 1.54 bits per heavy atom. The van der Waals surface area contributed by atoms with E-state index in [1.807, 2.05) is 0 Å². The summed E-state index contributed by atoms with van der Waals surface area (Å²) in [6, 6.07) is 2.21. The molecule has 1 rings (SSSR count). The normalized spacial score (nSPS) is 11.6. The lowest BCUT2D eigenvalue weighted by Gasteiger charge is -2.02. The average molecular weight is 332 g/mol. The first-order valence-electron chi connectivity index (χ1n) is 2.98. The maximum Gasteiger partial charge on any atom is 0.294 e. The molecule has 0 spiro atoms. The monoisotopic (exact) mass is 330 g/mol. The maximum absolute atomic E-state index is 10.7. The first-order chi connectivity index (χ1) is 5.82. The molecule has 0 atom stereocenters. The van der Waals surface area contributed by atoms with E-state index in [-0.39, 0.29) is 19.6 Å². The van der Waals surface area contributed by atoms with Crippen LogP contribution in [0, 0.1) is 0 Å². The molecule has 0 fully saturated rings. The van der Waals surface area contributed by atoms with Crippen molar-refractivity contribution >= 4 is 42.0 Å². The number of phenolic OH excluding ortho intramolecular Hbond substituents is 1. The van der Waals surface area contributed by atoms with Crippen molar-refractivity contribution in [2.45, 2.75) is 4.90 Å². The second kappa shape index (κ2) is 3.56. The lowest BCUT2D eigenvalue weighted by Crippen LogP contribution is -1.97. The minimum atomic E-state index is -4.24. The molecule has 0 saturated heterocycles. The van der Waals surface area contributed by atoms with Crippen LogP contribution in [0.5, 0.6) is 5.75 Å². The van der Waals surface area contributed by atoms with Crippen LogP contribution in [0.25, 0.3) is 0 Å². The molecule has 0 radical (unpaired) electrons. The molecule has 7 heteroatoms. The number of rotatable bonds is 1. The highest BCUT2D eigenvalue weighted by Crippen LogP contribution is 2.34. The van der Waals surface area contributed by atoms with Gasteiger partial charge in [0.25, 0.3) is 10.1 Å². The van der Waals surface area contributed by atoms with Crippen LogP contribution in [0.2, 0.25) is 0 Å². The van der Waals surface area contributed by atoms with E-state index in [9.17, 15) is 13.5 Å². The summed E-state index contributed by atoms with van der Waals surface area (Å²) in [7, 11) is -4.24. The molecule has 4 nitrogen and oxygen atoms in total. The molecule has 0 amide bonds. The van der Waals surface area contributed by atoms with Gasteiger partial charge in [-0.1, -0.05) is 0 Å². The van der Waals surface area contributed by atoms with Crippen molar-refractivity contribution in [1.82, 2.24) is 0 Å². The SMILES string of the molecule is O=S(=O)(O)c1cc(Br)c(O)c(Br)c1. The molecule has 0 heterocycles. The zero-order valence-corrected chi connectivity index (χ0v) is 10.0. The molecule has 0 bridgehead atoms. The molecule has 72 valence electrons. The van der Waals surface area contributed by atoms with E-state index in [2.05, 4.69) is 31.9 Å². The van der Waals surface area contributed by atoms with Crippen molar-refractivity contribution in [3.05, 3.63) is 21.1 Å². The molecule has 0 saturated carbocycles. The lowest BCUT2D eigenvalue weighted by molar-refractivity contribution is 0.466. The Hall–Kier alpha value is -0.110. The predicted octanol–water partition coefficient (Wildman–Crippen LogP) is 2.16. The van der Waals surface area contributed by atoms with E-state index in [0.29, 0.717) is 0 Å². The molecule has 1 aromatic rings. The second-order valence-electron chi connectivity index (χ2n) is 2.21. The zero-order valence-electron chi connectivity index (χ0n) is 6.03. The molecular weight excluding hydrogens is 328 g/mol. The first kappa shape index (κ1) is 11.0. The number of hydrogen-bond acceptors (Lipinski definition) is 3. The van der Waals surface area contributed by atoms with Crippen molar-refractivity contribution in [3.63, 3.8) is 0 Å². The molecule has 2 N–H and O–H groups in total. The average Bonchev–Trinajstić information content (AvgIpc) is 1.97. The smallest absolute Gasteiger partial charge is 0.294 e. The highest BCUT2D eigenvalue weighted by atomic mass is 79.9. The van der Waals surface area contributed by atoms with Gasteiger partial charge in [0.15, 0.2) is 0 Å². The van der Waals surface area contributed by atoms with Gasteiger partial charge in [-0.25, -0.2) is 0 Å². The van der Waals surface area contributed by atoms with Crippen molar-refractivity contribution in [2.24, 2.45) is 0 Å². The van der Waals surface area contributed by atoms with E-state index in [1.54, 1.807) is 0 Å². The molecular formula is C6H4Br2O4S. The van der Waals surface area contributed by atoms with Gasteiger partial charge in [-0.05, 0) is 44.0 Å². The molecule has 13 heavy (non-hydrogen) atoms. The highest BCUT2D eigenvalue weighted by Gasteiger charge is 2.14. The van der Waals surface area contributed by atoms with Gasteiger partial charge < -0.3 is 5.11 Å². The van der Waals surface area contributed by atoms with Crippen molar-refractivity contribution in [3.8, 4) is 5.75 Å². The third-order valence-electron chi connectivity index (χ3n) is 1.29. The van der Waals surface area contributed by atoms with Crippen molar-refractivity contribution in [2.75, 3.05) is 0 Å². The number of halogens is 2. The summed E-state index contributed by atoms with van der Waals surface area (Å²) in [5.41, 5.74) is 0. The van der Waals surface area contributed by atoms with E-state index in [4.69, 9.17) is 4.55 Å². The maximum atomic E-state index is 10.7. The van der Waals surface area contributed by atoms with E-state index in [1.165, 1.54) is 0 Å². The van der Waals surface area contributed by atoms with Crippen molar-refractivity contribution < 1.29 is 18.1 Å². The van der Waals surface area contributed by atoms with Crippen molar-refractivity contribution in [1.29, 1.82) is 0 Å². The number of phenols is 1. The van der Waals surface area contributed by atoms with Gasteiger partial charge in [0.2, 0.25) is 0 Å². The Morgan fingerprint density at radius 1 is 1.15 bits per heavy atom. The summed E-state index contributed by atoms with van der Waals surface area (Å²) in [4.78, 5) is -0.288. The van der Waals surface area contributed by atoms with Crippen LogP contribution in [0.4, 0.5) is 0 Å². The van der Waals surface area contributed by atoms with Gasteiger partial charge in [0.1, 0.15) is 5.75 Å². The van der Waals surface area contributed by atoms with E-state index >= 15 is 0 Å². The Kier molecular flexibility index (Phi) is 3.01. The molecule has 0 aliphatic heterocycles. The molecule has 1 aromatic carbocycles. The Balaban J connectivity index is 3.47. The number of aromatic hydroxyl groups is 1. The first-order valence-corrected chi connectivity index (χ1v) is 6.00. The fourth-order valence-corrected chi connectivity index (χ4v) is 2.71. The largest absolute Gasteiger partial charge is 0.506 e. The van der Waals surface area contributed by atoms with Crippen LogP contribution >= 0.6 is 31.9 Å². The van der Waals surface area contributed by atoms with Gasteiger partial charge in [0, 0.05) is 0 Å². The van der Waals surface area contributed by atoms with Crippen LogP contribution in [0.15, 0.2) is 26.0 Å². The minimum absolute atomic E-state index is 0.118. The quantitative estimate of drug-likeness (QED) is 0.773. The second-order valence-corrected chi connectivity index (χ2v) is 5.34. The van der Waals surface area contributed by atoms with Crippen LogP contribution in [0.1, 0.15) is 0 Å². The topological polar surface area (TPSA) is 74.6 Å². The molecule has 0 aromatic heterocycles. The fourth-order valence-electron chi connectivity index (χ4n) is 0.691. The summed E-state index contributed by atoms with van der Waals surface area (Å²) in [5.74, 6) is -0.118. The van der Waals surface area contributed by atoms with Gasteiger partial charge in [-0.2, -0.15) is 8.42 Å². The summed E-state index contributed by atoms with van der Waals surface area (Å²) in [6.07, 6.45) is 0. The third-order valence-corrected chi connectivity index (χ3v) is 3.33. The van der Waals surface area contributed by atoms with Crippen LogP contribution in [0.3, 0.4) is 0 Å². The number of benzene rings is 1. The fraction of sp³-hybridized carbons (Fsp3) is 0. The lowest BCUT2D eigenvalue weighted by atomic mass is 10.3. The Labute approximate surface area is 91.6 Å². The summed E-state index contributed by atoms with van der Waals surface area (Å²) in [6.45, 7) is 0. The summed E-state index contributed by atoms with van der Waals surface area (Å²) >= 11 is 5.87. The van der Waals surface area contributed by atoms with Gasteiger partial charge in [0.05, 0.1) is 13.8 Å². The summed E-state index contributed by atoms with van der Waals surface area (Å²) < 4.78 is 30.4.